The molecule has 0 aliphatic heterocycles. The van der Waals surface area contributed by atoms with E-state index in [4.69, 9.17) is 6.42 Å². The first-order valence-electron chi connectivity index (χ1n) is 4.68. The van der Waals surface area contributed by atoms with Crippen LogP contribution < -0.4 is 0 Å². The van der Waals surface area contributed by atoms with E-state index < -0.39 is 0 Å². The Morgan fingerprint density at radius 1 is 1.62 bits per heavy atom. The van der Waals surface area contributed by atoms with Crippen molar-refractivity contribution in [1.29, 1.82) is 0 Å². The van der Waals surface area contributed by atoms with Crippen molar-refractivity contribution < 1.29 is 0 Å². The summed E-state index contributed by atoms with van der Waals surface area (Å²) in [6, 6.07) is 2.04. The third-order valence-electron chi connectivity index (χ3n) is 1.87. The van der Waals surface area contributed by atoms with Crippen LogP contribution in [0.1, 0.15) is 26.0 Å². The number of aromatic nitrogens is 2. The highest BCUT2D eigenvalue weighted by Gasteiger charge is 2.02. The summed E-state index contributed by atoms with van der Waals surface area (Å²) in [4.78, 5) is 0. The summed E-state index contributed by atoms with van der Waals surface area (Å²) < 4.78 is 2.04. The summed E-state index contributed by atoms with van der Waals surface area (Å²) >= 11 is 0. The molecular weight excluding hydrogens is 160 g/mol. The zero-order valence-corrected chi connectivity index (χ0v) is 8.33. The van der Waals surface area contributed by atoms with Crippen LogP contribution in [0.15, 0.2) is 12.3 Å². The second kappa shape index (κ2) is 4.71. The average Bonchev–Trinajstić information content (AvgIpc) is 2.48. The summed E-state index contributed by atoms with van der Waals surface area (Å²) in [5.74, 6) is 3.27. The predicted octanol–water partition coefficient (Wildman–Crippen LogP) is 2.10. The van der Waals surface area contributed by atoms with Crippen LogP contribution in [0.5, 0.6) is 0 Å². The molecule has 1 rings (SSSR count). The molecule has 0 unspecified atom stereocenters. The van der Waals surface area contributed by atoms with Gasteiger partial charge < -0.3 is 0 Å². The largest absolute Gasteiger partial charge is 0.269 e. The minimum atomic E-state index is 0.629. The molecule has 0 spiro atoms. The Labute approximate surface area is 80.0 Å². The lowest BCUT2D eigenvalue weighted by Crippen LogP contribution is -2.09. The van der Waals surface area contributed by atoms with Crippen LogP contribution >= 0.6 is 0 Å². The molecule has 0 saturated heterocycles. The molecule has 0 aliphatic carbocycles. The maximum absolute atomic E-state index is 5.22. The van der Waals surface area contributed by atoms with Crippen molar-refractivity contribution in [1.82, 2.24) is 9.78 Å². The lowest BCUT2D eigenvalue weighted by Gasteiger charge is -2.08. The molecule has 13 heavy (non-hydrogen) atoms. The molecule has 0 fully saturated rings. The Bertz CT molecular complexity index is 291. The molecule has 2 nitrogen and oxygen atoms in total. The molecule has 1 heterocycles. The van der Waals surface area contributed by atoms with E-state index in [9.17, 15) is 0 Å². The van der Waals surface area contributed by atoms with Gasteiger partial charge in [0.25, 0.3) is 0 Å². The summed E-state index contributed by atoms with van der Waals surface area (Å²) in [5.41, 5.74) is 1.24. The molecule has 0 bridgehead atoms. The van der Waals surface area contributed by atoms with Gasteiger partial charge in [-0.1, -0.05) is 13.8 Å². The van der Waals surface area contributed by atoms with Gasteiger partial charge in [-0.15, -0.1) is 12.3 Å². The van der Waals surface area contributed by atoms with E-state index in [-0.39, 0.29) is 0 Å². The fourth-order valence-electron chi connectivity index (χ4n) is 1.28. The fourth-order valence-corrected chi connectivity index (χ4v) is 1.28. The van der Waals surface area contributed by atoms with Gasteiger partial charge in [-0.2, -0.15) is 5.10 Å². The van der Waals surface area contributed by atoms with Gasteiger partial charge in [0.1, 0.15) is 0 Å². The van der Waals surface area contributed by atoms with Crippen LogP contribution in [0, 0.1) is 18.3 Å². The normalized spacial score (nSPS) is 10.3. The Balaban J connectivity index is 2.61. The summed E-state index contributed by atoms with van der Waals surface area (Å²) in [6.45, 7) is 5.35. The Morgan fingerprint density at radius 3 is 3.00 bits per heavy atom. The van der Waals surface area contributed by atoms with Crippen LogP contribution in [0.4, 0.5) is 0 Å². The van der Waals surface area contributed by atoms with Crippen LogP contribution in [-0.4, -0.2) is 9.78 Å². The molecule has 0 radical (unpaired) electrons. The third-order valence-corrected chi connectivity index (χ3v) is 1.87. The van der Waals surface area contributed by atoms with Crippen LogP contribution in [0.25, 0.3) is 0 Å². The van der Waals surface area contributed by atoms with Gasteiger partial charge in [-0.25, -0.2) is 0 Å². The van der Waals surface area contributed by atoms with Gasteiger partial charge in [0, 0.05) is 31.3 Å². The maximum atomic E-state index is 5.22. The second-order valence-corrected chi connectivity index (χ2v) is 3.60. The first-order chi connectivity index (χ1) is 6.24. The molecule has 0 aromatic carbocycles. The maximum Gasteiger partial charge on any atom is 0.0492 e. The molecule has 0 aliphatic rings. The van der Waals surface area contributed by atoms with Gasteiger partial charge in [0.05, 0.1) is 0 Å². The molecular formula is C11H16N2. The average molecular weight is 176 g/mol. The molecule has 0 saturated carbocycles. The minimum absolute atomic E-state index is 0.629. The summed E-state index contributed by atoms with van der Waals surface area (Å²) in [6.07, 6.45) is 8.79. The SMILES string of the molecule is C#CCCc1ccnn1CC(C)C. The van der Waals surface area contributed by atoms with Gasteiger partial charge >= 0.3 is 0 Å². The van der Waals surface area contributed by atoms with Gasteiger partial charge in [0.2, 0.25) is 0 Å². The van der Waals surface area contributed by atoms with Crippen molar-refractivity contribution in [3.63, 3.8) is 0 Å². The van der Waals surface area contributed by atoms with Crippen LogP contribution in [-0.2, 0) is 13.0 Å². The number of terminal acetylenes is 1. The monoisotopic (exact) mass is 176 g/mol. The van der Waals surface area contributed by atoms with Gasteiger partial charge in [-0.05, 0) is 12.0 Å². The highest BCUT2D eigenvalue weighted by atomic mass is 15.3. The highest BCUT2D eigenvalue weighted by Crippen LogP contribution is 2.05. The highest BCUT2D eigenvalue weighted by molar-refractivity contribution is 5.03. The Hall–Kier alpha value is -1.23. The number of hydrogen-bond acceptors (Lipinski definition) is 1. The fraction of sp³-hybridized carbons (Fsp3) is 0.545. The Kier molecular flexibility index (Phi) is 3.57. The second-order valence-electron chi connectivity index (χ2n) is 3.60. The van der Waals surface area contributed by atoms with Gasteiger partial charge in [0.15, 0.2) is 0 Å². The third kappa shape index (κ3) is 2.95. The molecule has 70 valence electrons. The lowest BCUT2D eigenvalue weighted by atomic mass is 10.2. The molecule has 0 amide bonds. The zero-order valence-electron chi connectivity index (χ0n) is 8.33. The van der Waals surface area contributed by atoms with E-state index in [1.165, 1.54) is 5.69 Å². The van der Waals surface area contributed by atoms with Crippen molar-refractivity contribution in [3.05, 3.63) is 18.0 Å². The number of nitrogens with zero attached hydrogens (tertiary/aromatic N) is 2. The van der Waals surface area contributed by atoms with Crippen molar-refractivity contribution in [2.75, 3.05) is 0 Å². The van der Waals surface area contributed by atoms with E-state index in [1.807, 2.05) is 16.9 Å². The van der Waals surface area contributed by atoms with Crippen molar-refractivity contribution in [2.45, 2.75) is 33.2 Å². The van der Waals surface area contributed by atoms with E-state index in [0.717, 1.165) is 19.4 Å². The quantitative estimate of drug-likeness (QED) is 0.642. The smallest absolute Gasteiger partial charge is 0.0492 e. The summed E-state index contributed by atoms with van der Waals surface area (Å²) in [5, 5.41) is 4.26. The first-order valence-corrected chi connectivity index (χ1v) is 4.68. The lowest BCUT2D eigenvalue weighted by molar-refractivity contribution is 0.469. The van der Waals surface area contributed by atoms with E-state index in [2.05, 4.69) is 24.9 Å². The number of rotatable bonds is 4. The zero-order chi connectivity index (χ0) is 9.68. The molecule has 1 aromatic rings. The van der Waals surface area contributed by atoms with Crippen LogP contribution in [0.3, 0.4) is 0 Å². The standard InChI is InChI=1S/C11H16N2/c1-4-5-6-11-7-8-12-13(11)9-10(2)3/h1,7-8,10H,5-6,9H2,2-3H3. The van der Waals surface area contributed by atoms with Gasteiger partial charge in [-0.3, -0.25) is 4.68 Å². The summed E-state index contributed by atoms with van der Waals surface area (Å²) in [7, 11) is 0. The first kappa shape index (κ1) is 9.85. The van der Waals surface area contributed by atoms with E-state index >= 15 is 0 Å². The predicted molar refractivity (Wildman–Crippen MR) is 54.2 cm³/mol. The molecule has 2 heteroatoms. The van der Waals surface area contributed by atoms with Crippen molar-refractivity contribution in [2.24, 2.45) is 5.92 Å². The minimum Gasteiger partial charge on any atom is -0.269 e. The Morgan fingerprint density at radius 2 is 2.38 bits per heavy atom. The topological polar surface area (TPSA) is 17.8 Å². The number of hydrogen-bond donors (Lipinski definition) is 0. The number of aryl methyl sites for hydroxylation is 1. The van der Waals surface area contributed by atoms with Crippen molar-refractivity contribution >= 4 is 0 Å². The van der Waals surface area contributed by atoms with E-state index in [1.54, 1.807) is 0 Å². The molecule has 0 N–H and O–H groups in total. The molecule has 0 atom stereocenters. The van der Waals surface area contributed by atoms with Crippen LogP contribution in [0.2, 0.25) is 0 Å². The molecule has 1 aromatic heterocycles. The van der Waals surface area contributed by atoms with Crippen molar-refractivity contribution in [3.8, 4) is 12.3 Å². The van der Waals surface area contributed by atoms with E-state index in [0.29, 0.717) is 5.92 Å².